The minimum Gasteiger partial charge on any atom is -0.368 e. The molecule has 2 rings (SSSR count). The van der Waals surface area contributed by atoms with Crippen LogP contribution >= 0.6 is 0 Å². The highest BCUT2D eigenvalue weighted by molar-refractivity contribution is 5.51. The zero-order valence-electron chi connectivity index (χ0n) is 12.1. The lowest BCUT2D eigenvalue weighted by Gasteiger charge is -2.25. The van der Waals surface area contributed by atoms with E-state index in [4.69, 9.17) is 0 Å². The monoisotopic (exact) mass is 264 g/mol. The first-order chi connectivity index (χ1) is 9.24. The van der Waals surface area contributed by atoms with Crippen molar-refractivity contribution in [1.29, 1.82) is 0 Å². The fraction of sp³-hybridized carbons (Fsp3) is 0.625. The Morgan fingerprint density at radius 1 is 1.26 bits per heavy atom. The Hall–Kier alpha value is -1.09. The van der Waals surface area contributed by atoms with Crippen LogP contribution in [0.1, 0.15) is 45.1 Å². The minimum atomic E-state index is -0.118. The van der Waals surface area contributed by atoms with Gasteiger partial charge in [0.2, 0.25) is 0 Å². The minimum absolute atomic E-state index is 0.118. The Bertz CT molecular complexity index is 402. The number of nitrogens with zero attached hydrogens (tertiary/aromatic N) is 1. The molecule has 1 aromatic rings. The topological polar surface area (TPSA) is 15.3 Å². The molecular formula is C16H25FN2. The van der Waals surface area contributed by atoms with Gasteiger partial charge < -0.3 is 10.2 Å². The number of hydrogen-bond donors (Lipinski definition) is 1. The molecule has 0 spiro atoms. The van der Waals surface area contributed by atoms with Crippen molar-refractivity contribution in [2.24, 2.45) is 0 Å². The van der Waals surface area contributed by atoms with Gasteiger partial charge in [0.1, 0.15) is 5.82 Å². The van der Waals surface area contributed by atoms with Crippen LogP contribution < -0.4 is 10.2 Å². The average molecular weight is 264 g/mol. The van der Waals surface area contributed by atoms with Gasteiger partial charge in [-0.05, 0) is 49.6 Å². The molecule has 1 N–H and O–H groups in total. The van der Waals surface area contributed by atoms with E-state index in [2.05, 4.69) is 30.1 Å². The molecule has 1 aliphatic carbocycles. The van der Waals surface area contributed by atoms with Gasteiger partial charge in [-0.25, -0.2) is 4.39 Å². The van der Waals surface area contributed by atoms with Crippen molar-refractivity contribution in [1.82, 2.24) is 5.32 Å². The number of benzene rings is 1. The van der Waals surface area contributed by atoms with Crippen LogP contribution in [0.25, 0.3) is 0 Å². The molecule has 0 amide bonds. The summed E-state index contributed by atoms with van der Waals surface area (Å²) >= 11 is 0. The molecule has 106 valence electrons. The first-order valence-electron chi connectivity index (χ1n) is 7.51. The summed E-state index contributed by atoms with van der Waals surface area (Å²) in [5, 5.41) is 3.26. The summed E-state index contributed by atoms with van der Waals surface area (Å²) in [7, 11) is 0. The fourth-order valence-electron chi connectivity index (χ4n) is 2.41. The summed E-state index contributed by atoms with van der Waals surface area (Å²) in [4.78, 5) is 2.39. The summed E-state index contributed by atoms with van der Waals surface area (Å²) in [6.45, 7) is 6.97. The highest BCUT2D eigenvalue weighted by Crippen LogP contribution is 2.32. The van der Waals surface area contributed by atoms with E-state index in [0.717, 1.165) is 30.9 Å². The van der Waals surface area contributed by atoms with Crippen LogP contribution in [0.3, 0.4) is 0 Å². The van der Waals surface area contributed by atoms with Crippen molar-refractivity contribution in [2.45, 2.75) is 52.1 Å². The van der Waals surface area contributed by atoms with Crippen LogP contribution in [0.4, 0.5) is 10.1 Å². The molecule has 2 nitrogen and oxygen atoms in total. The second kappa shape index (κ2) is 6.90. The molecule has 0 heterocycles. The van der Waals surface area contributed by atoms with Gasteiger partial charge in [0.15, 0.2) is 0 Å². The normalized spacial score (nSPS) is 14.7. The molecule has 19 heavy (non-hydrogen) atoms. The Kier molecular flexibility index (Phi) is 5.20. The van der Waals surface area contributed by atoms with Gasteiger partial charge >= 0.3 is 0 Å². The van der Waals surface area contributed by atoms with Gasteiger partial charge in [0, 0.05) is 24.8 Å². The van der Waals surface area contributed by atoms with Crippen LogP contribution in [-0.2, 0) is 6.54 Å². The Morgan fingerprint density at radius 2 is 2.05 bits per heavy atom. The maximum Gasteiger partial charge on any atom is 0.125 e. The quantitative estimate of drug-likeness (QED) is 0.770. The van der Waals surface area contributed by atoms with Gasteiger partial charge in [-0.3, -0.25) is 0 Å². The predicted octanol–water partition coefficient (Wildman–Crippen LogP) is 3.70. The molecule has 1 fully saturated rings. The highest BCUT2D eigenvalue weighted by Gasteiger charge is 2.29. The molecule has 0 bridgehead atoms. The average Bonchev–Trinajstić information content (AvgIpc) is 3.21. The Balaban J connectivity index is 2.13. The first kappa shape index (κ1) is 14.3. The van der Waals surface area contributed by atoms with E-state index < -0.39 is 0 Å². The molecule has 1 saturated carbocycles. The third-order valence-corrected chi connectivity index (χ3v) is 3.59. The van der Waals surface area contributed by atoms with Gasteiger partial charge in [0.25, 0.3) is 0 Å². The second-order valence-electron chi connectivity index (χ2n) is 5.38. The molecule has 0 saturated heterocycles. The van der Waals surface area contributed by atoms with E-state index >= 15 is 0 Å². The number of hydrogen-bond acceptors (Lipinski definition) is 2. The summed E-state index contributed by atoms with van der Waals surface area (Å²) in [6, 6.07) is 6.10. The van der Waals surface area contributed by atoms with Gasteiger partial charge in [-0.15, -0.1) is 0 Å². The number of nitrogens with one attached hydrogen (secondary N) is 1. The standard InChI is InChI=1S/C16H25FN2/c1-3-5-8-19(15-6-7-15)16-10-13(12-18-4-2)9-14(17)11-16/h9-11,15,18H,3-8,12H2,1-2H3. The number of rotatable bonds is 8. The summed E-state index contributed by atoms with van der Waals surface area (Å²) in [5.74, 6) is -0.118. The highest BCUT2D eigenvalue weighted by atomic mass is 19.1. The maximum atomic E-state index is 13.8. The molecular weight excluding hydrogens is 239 g/mol. The van der Waals surface area contributed by atoms with E-state index in [1.165, 1.54) is 25.7 Å². The zero-order valence-corrected chi connectivity index (χ0v) is 12.1. The first-order valence-corrected chi connectivity index (χ1v) is 7.51. The van der Waals surface area contributed by atoms with E-state index in [-0.39, 0.29) is 5.82 Å². The lowest BCUT2D eigenvalue weighted by molar-refractivity contribution is 0.619. The Morgan fingerprint density at radius 3 is 2.68 bits per heavy atom. The van der Waals surface area contributed by atoms with Crippen LogP contribution in [0.15, 0.2) is 18.2 Å². The molecule has 0 aromatic heterocycles. The van der Waals surface area contributed by atoms with Gasteiger partial charge in [-0.2, -0.15) is 0 Å². The lowest BCUT2D eigenvalue weighted by Crippen LogP contribution is -2.27. The molecule has 1 aliphatic rings. The van der Waals surface area contributed by atoms with E-state index in [1.807, 2.05) is 0 Å². The maximum absolute atomic E-state index is 13.8. The fourth-order valence-corrected chi connectivity index (χ4v) is 2.41. The molecule has 0 aliphatic heterocycles. The van der Waals surface area contributed by atoms with Gasteiger partial charge in [0.05, 0.1) is 0 Å². The van der Waals surface area contributed by atoms with Crippen molar-refractivity contribution in [2.75, 3.05) is 18.0 Å². The van der Waals surface area contributed by atoms with Gasteiger partial charge in [-0.1, -0.05) is 20.3 Å². The molecule has 0 unspecified atom stereocenters. The summed E-state index contributed by atoms with van der Waals surface area (Å²) in [6.07, 6.45) is 4.86. The molecule has 3 heteroatoms. The zero-order chi connectivity index (χ0) is 13.7. The van der Waals surface area contributed by atoms with Crippen molar-refractivity contribution in [3.05, 3.63) is 29.6 Å². The van der Waals surface area contributed by atoms with Crippen LogP contribution in [-0.4, -0.2) is 19.1 Å². The van der Waals surface area contributed by atoms with E-state index in [0.29, 0.717) is 6.04 Å². The van der Waals surface area contributed by atoms with E-state index in [1.54, 1.807) is 12.1 Å². The van der Waals surface area contributed by atoms with Crippen LogP contribution in [0.2, 0.25) is 0 Å². The Labute approximate surface area is 116 Å². The third kappa shape index (κ3) is 4.20. The summed E-state index contributed by atoms with van der Waals surface area (Å²) < 4.78 is 13.8. The number of unbranched alkanes of at least 4 members (excludes halogenated alkanes) is 1. The largest absolute Gasteiger partial charge is 0.368 e. The van der Waals surface area contributed by atoms with Crippen molar-refractivity contribution in [3.8, 4) is 0 Å². The molecule has 1 aromatic carbocycles. The summed E-state index contributed by atoms with van der Waals surface area (Å²) in [5.41, 5.74) is 2.10. The SMILES string of the molecule is CCCCN(c1cc(F)cc(CNCC)c1)C1CC1. The lowest BCUT2D eigenvalue weighted by atomic mass is 10.1. The van der Waals surface area contributed by atoms with Crippen molar-refractivity contribution >= 4 is 5.69 Å². The van der Waals surface area contributed by atoms with Crippen molar-refractivity contribution < 1.29 is 4.39 Å². The predicted molar refractivity (Wildman–Crippen MR) is 79.1 cm³/mol. The smallest absolute Gasteiger partial charge is 0.125 e. The van der Waals surface area contributed by atoms with Crippen LogP contribution in [0, 0.1) is 5.82 Å². The third-order valence-electron chi connectivity index (χ3n) is 3.59. The number of anilines is 1. The van der Waals surface area contributed by atoms with Crippen LogP contribution in [0.5, 0.6) is 0 Å². The number of halogens is 1. The van der Waals surface area contributed by atoms with Crippen molar-refractivity contribution in [3.63, 3.8) is 0 Å². The molecule has 0 atom stereocenters. The molecule has 0 radical (unpaired) electrons. The second-order valence-corrected chi connectivity index (χ2v) is 5.38. The van der Waals surface area contributed by atoms with E-state index in [9.17, 15) is 4.39 Å².